The van der Waals surface area contributed by atoms with Crippen LogP contribution in [-0.4, -0.2) is 29.9 Å². The number of halogens is 1. The summed E-state index contributed by atoms with van der Waals surface area (Å²) in [6.45, 7) is 0.678. The van der Waals surface area contributed by atoms with E-state index >= 15 is 0 Å². The molecule has 1 heterocycles. The van der Waals surface area contributed by atoms with Gasteiger partial charge < -0.3 is 4.74 Å². The van der Waals surface area contributed by atoms with Crippen LogP contribution in [0.5, 0.6) is 5.75 Å². The molecule has 0 spiro atoms. The molecule has 0 fully saturated rings. The molecule has 2 amide bonds. The molecule has 1 aliphatic heterocycles. The first-order chi connectivity index (χ1) is 11.2. The van der Waals surface area contributed by atoms with Crippen LogP contribution in [0, 0.1) is 5.82 Å². The monoisotopic (exact) mass is 313 g/mol. The summed E-state index contributed by atoms with van der Waals surface area (Å²) in [5, 5.41) is 0. The third kappa shape index (κ3) is 3.08. The van der Waals surface area contributed by atoms with Crippen molar-refractivity contribution in [1.29, 1.82) is 0 Å². The first kappa shape index (κ1) is 15.2. The number of carbonyl (C=O) groups is 2. The number of carbonyl (C=O) groups excluding carboxylic acids is 2. The van der Waals surface area contributed by atoms with Crippen molar-refractivity contribution in [2.45, 2.75) is 12.8 Å². The maximum absolute atomic E-state index is 13.4. The van der Waals surface area contributed by atoms with Gasteiger partial charge in [-0.1, -0.05) is 24.3 Å². The minimum atomic E-state index is -0.396. The van der Waals surface area contributed by atoms with E-state index < -0.39 is 5.82 Å². The molecule has 0 bridgehead atoms. The highest BCUT2D eigenvalue weighted by Crippen LogP contribution is 2.22. The maximum Gasteiger partial charge on any atom is 0.261 e. The van der Waals surface area contributed by atoms with Crippen LogP contribution in [0.15, 0.2) is 48.5 Å². The lowest BCUT2D eigenvalue weighted by Crippen LogP contribution is -2.30. The van der Waals surface area contributed by atoms with E-state index in [0.29, 0.717) is 37.1 Å². The highest BCUT2D eigenvalue weighted by molar-refractivity contribution is 6.21. The summed E-state index contributed by atoms with van der Waals surface area (Å²) in [4.78, 5) is 25.6. The molecule has 0 saturated carbocycles. The second-order valence-corrected chi connectivity index (χ2v) is 5.29. The number of unbranched alkanes of at least 4 members (excludes halogenated alkanes) is 1. The minimum absolute atomic E-state index is 0.216. The van der Waals surface area contributed by atoms with E-state index in [0.717, 1.165) is 0 Å². The normalized spacial score (nSPS) is 13.3. The molecule has 4 nitrogen and oxygen atoms in total. The topological polar surface area (TPSA) is 46.6 Å². The van der Waals surface area contributed by atoms with Gasteiger partial charge in [-0.25, -0.2) is 4.39 Å². The number of hydrogen-bond acceptors (Lipinski definition) is 3. The van der Waals surface area contributed by atoms with E-state index in [1.165, 1.54) is 11.0 Å². The summed E-state index contributed by atoms with van der Waals surface area (Å²) in [5.74, 6) is -0.678. The molecule has 118 valence electrons. The van der Waals surface area contributed by atoms with Crippen molar-refractivity contribution in [1.82, 2.24) is 4.90 Å². The number of amides is 2. The third-order valence-electron chi connectivity index (χ3n) is 3.75. The lowest BCUT2D eigenvalue weighted by molar-refractivity contribution is 0.0649. The van der Waals surface area contributed by atoms with Crippen LogP contribution in [-0.2, 0) is 0 Å². The van der Waals surface area contributed by atoms with Gasteiger partial charge in [0, 0.05) is 6.54 Å². The molecule has 3 rings (SSSR count). The average molecular weight is 313 g/mol. The Morgan fingerprint density at radius 2 is 1.48 bits per heavy atom. The molecule has 0 aromatic heterocycles. The first-order valence-electron chi connectivity index (χ1n) is 7.51. The fraction of sp³-hybridized carbons (Fsp3) is 0.222. The molecule has 0 atom stereocenters. The summed E-state index contributed by atoms with van der Waals surface area (Å²) in [6, 6.07) is 13.0. The van der Waals surface area contributed by atoms with E-state index in [1.807, 2.05) is 0 Å². The third-order valence-corrected chi connectivity index (χ3v) is 3.75. The van der Waals surface area contributed by atoms with Gasteiger partial charge in [-0.3, -0.25) is 14.5 Å². The molecule has 0 aliphatic carbocycles. The van der Waals surface area contributed by atoms with Crippen LogP contribution in [0.3, 0.4) is 0 Å². The van der Waals surface area contributed by atoms with Crippen LogP contribution < -0.4 is 4.74 Å². The SMILES string of the molecule is O=C1c2ccccc2C(=O)N1CCCCOc1ccccc1F. The van der Waals surface area contributed by atoms with Crippen LogP contribution in [0.4, 0.5) is 4.39 Å². The predicted molar refractivity (Wildman–Crippen MR) is 82.9 cm³/mol. The van der Waals surface area contributed by atoms with E-state index in [2.05, 4.69) is 0 Å². The Kier molecular flexibility index (Phi) is 4.37. The Bertz CT molecular complexity index is 710. The smallest absolute Gasteiger partial charge is 0.261 e. The van der Waals surface area contributed by atoms with Gasteiger partial charge in [0.05, 0.1) is 17.7 Å². The zero-order valence-electron chi connectivity index (χ0n) is 12.5. The Labute approximate surface area is 133 Å². The molecule has 2 aromatic carbocycles. The Hall–Kier alpha value is -2.69. The first-order valence-corrected chi connectivity index (χ1v) is 7.51. The average Bonchev–Trinajstić information content (AvgIpc) is 2.81. The van der Waals surface area contributed by atoms with Gasteiger partial charge in [-0.2, -0.15) is 0 Å². The second kappa shape index (κ2) is 6.60. The van der Waals surface area contributed by atoms with Crippen LogP contribution in [0.1, 0.15) is 33.6 Å². The molecule has 2 aromatic rings. The van der Waals surface area contributed by atoms with Crippen molar-refractivity contribution in [2.75, 3.05) is 13.2 Å². The number of para-hydroxylation sites is 1. The fourth-order valence-corrected chi connectivity index (χ4v) is 2.56. The van der Waals surface area contributed by atoms with Crippen molar-refractivity contribution in [3.05, 3.63) is 65.5 Å². The number of ether oxygens (including phenoxy) is 1. The number of imide groups is 1. The molecule has 0 saturated heterocycles. The number of fused-ring (bicyclic) bond motifs is 1. The molecule has 0 unspecified atom stereocenters. The summed E-state index contributed by atoms with van der Waals surface area (Å²) in [5.41, 5.74) is 0.917. The summed E-state index contributed by atoms with van der Waals surface area (Å²) in [7, 11) is 0. The number of nitrogens with zero attached hydrogens (tertiary/aromatic N) is 1. The van der Waals surface area contributed by atoms with Crippen molar-refractivity contribution in [2.24, 2.45) is 0 Å². The van der Waals surface area contributed by atoms with Crippen LogP contribution in [0.25, 0.3) is 0 Å². The van der Waals surface area contributed by atoms with Crippen LogP contribution >= 0.6 is 0 Å². The van der Waals surface area contributed by atoms with Gasteiger partial charge in [0.15, 0.2) is 11.6 Å². The van der Waals surface area contributed by atoms with E-state index in [4.69, 9.17) is 4.74 Å². The van der Waals surface area contributed by atoms with Gasteiger partial charge in [0.2, 0.25) is 0 Å². The van der Waals surface area contributed by atoms with Crippen molar-refractivity contribution >= 4 is 11.8 Å². The molecular weight excluding hydrogens is 297 g/mol. The van der Waals surface area contributed by atoms with Gasteiger partial charge in [-0.15, -0.1) is 0 Å². The zero-order chi connectivity index (χ0) is 16.2. The highest BCUT2D eigenvalue weighted by atomic mass is 19.1. The Morgan fingerprint density at radius 1 is 0.870 bits per heavy atom. The second-order valence-electron chi connectivity index (χ2n) is 5.29. The van der Waals surface area contributed by atoms with Crippen molar-refractivity contribution in [3.8, 4) is 5.75 Å². The maximum atomic E-state index is 13.4. The zero-order valence-corrected chi connectivity index (χ0v) is 12.5. The fourth-order valence-electron chi connectivity index (χ4n) is 2.56. The van der Waals surface area contributed by atoms with Gasteiger partial charge in [-0.05, 0) is 37.1 Å². The lowest BCUT2D eigenvalue weighted by Gasteiger charge is -2.13. The molecular formula is C18H16FNO3. The van der Waals surface area contributed by atoms with E-state index in [-0.39, 0.29) is 17.6 Å². The van der Waals surface area contributed by atoms with E-state index in [1.54, 1.807) is 42.5 Å². The van der Waals surface area contributed by atoms with Crippen molar-refractivity contribution < 1.29 is 18.7 Å². The molecule has 23 heavy (non-hydrogen) atoms. The standard InChI is InChI=1S/C18H16FNO3/c19-15-9-3-4-10-16(15)23-12-6-5-11-20-17(21)13-7-1-2-8-14(13)18(20)22/h1-4,7-10H,5-6,11-12H2. The van der Waals surface area contributed by atoms with Crippen molar-refractivity contribution in [3.63, 3.8) is 0 Å². The van der Waals surface area contributed by atoms with E-state index in [9.17, 15) is 14.0 Å². The van der Waals surface area contributed by atoms with Crippen LogP contribution in [0.2, 0.25) is 0 Å². The molecule has 0 radical (unpaired) electrons. The summed E-state index contributed by atoms with van der Waals surface area (Å²) in [6.07, 6.45) is 1.24. The number of benzene rings is 2. The summed E-state index contributed by atoms with van der Waals surface area (Å²) < 4.78 is 18.7. The Morgan fingerprint density at radius 3 is 2.13 bits per heavy atom. The minimum Gasteiger partial charge on any atom is -0.491 e. The number of hydrogen-bond donors (Lipinski definition) is 0. The highest BCUT2D eigenvalue weighted by Gasteiger charge is 2.34. The quantitative estimate of drug-likeness (QED) is 0.607. The molecule has 0 N–H and O–H groups in total. The van der Waals surface area contributed by atoms with Gasteiger partial charge >= 0.3 is 0 Å². The number of rotatable bonds is 6. The predicted octanol–water partition coefficient (Wildman–Crippen LogP) is 3.28. The largest absolute Gasteiger partial charge is 0.491 e. The summed E-state index contributed by atoms with van der Waals surface area (Å²) >= 11 is 0. The Balaban J connectivity index is 1.48. The van der Waals surface area contributed by atoms with Gasteiger partial charge in [0.25, 0.3) is 11.8 Å². The van der Waals surface area contributed by atoms with Gasteiger partial charge in [0.1, 0.15) is 0 Å². The molecule has 5 heteroatoms. The molecule has 1 aliphatic rings. The lowest BCUT2D eigenvalue weighted by atomic mass is 10.1.